The maximum atomic E-state index is 12.5. The zero-order valence-electron chi connectivity index (χ0n) is 8.57. The molecule has 0 N–H and O–H groups in total. The Balaban J connectivity index is 3.00. The third-order valence-corrected chi connectivity index (χ3v) is 7.01. The zero-order chi connectivity index (χ0) is 11.5. The van der Waals surface area contributed by atoms with Gasteiger partial charge in [-0.2, -0.15) is 0 Å². The van der Waals surface area contributed by atoms with E-state index < -0.39 is 7.60 Å². The van der Waals surface area contributed by atoms with Gasteiger partial charge >= 0.3 is 7.60 Å². The van der Waals surface area contributed by atoms with Crippen molar-refractivity contribution >= 4 is 52.8 Å². The van der Waals surface area contributed by atoms with Crippen molar-refractivity contribution in [3.05, 3.63) is 21.0 Å². The van der Waals surface area contributed by atoms with Crippen LogP contribution in [0.4, 0.5) is 0 Å². The Hall–Kier alpha value is 1.09. The minimum absolute atomic E-state index is 0.110. The molecule has 0 heterocycles. The summed E-state index contributed by atoms with van der Waals surface area (Å²) in [5.41, 5.74) is 0. The molecule has 0 saturated carbocycles. The third kappa shape index (κ3) is 3.28. The van der Waals surface area contributed by atoms with Crippen LogP contribution in [0.15, 0.2) is 21.0 Å². The molecule has 1 unspecified atom stereocenters. The van der Waals surface area contributed by atoms with Crippen molar-refractivity contribution < 1.29 is 13.6 Å². The molecule has 15 heavy (non-hydrogen) atoms. The first-order valence-corrected chi connectivity index (χ1v) is 8.53. The van der Waals surface area contributed by atoms with Gasteiger partial charge in [0.15, 0.2) is 0 Å². The first-order chi connectivity index (χ1) is 7.05. The third-order valence-electron chi connectivity index (χ3n) is 1.81. The Morgan fingerprint density at radius 1 is 1.40 bits per heavy atom. The van der Waals surface area contributed by atoms with Gasteiger partial charge in [-0.1, -0.05) is 34.7 Å². The number of halogens is 2. The van der Waals surface area contributed by atoms with E-state index in [1.54, 1.807) is 0 Å². The summed E-state index contributed by atoms with van der Waals surface area (Å²) in [5.74, 6) is 0. The van der Waals surface area contributed by atoms with Crippen LogP contribution in [0.1, 0.15) is 13.8 Å². The van der Waals surface area contributed by atoms with Crippen molar-refractivity contribution in [3.63, 3.8) is 0 Å². The molecule has 0 bridgehead atoms. The number of allylic oxidation sites excluding steroid dienone is 4. The van der Waals surface area contributed by atoms with Crippen molar-refractivity contribution in [1.29, 1.82) is 0 Å². The van der Waals surface area contributed by atoms with Gasteiger partial charge in [0.1, 0.15) is 0 Å². The van der Waals surface area contributed by atoms with E-state index >= 15 is 0 Å². The molecule has 1 rings (SSSR count). The summed E-state index contributed by atoms with van der Waals surface area (Å²) < 4.78 is 24.2. The van der Waals surface area contributed by atoms with E-state index in [-0.39, 0.29) is 3.92 Å². The zero-order valence-corrected chi connectivity index (χ0v) is 13.8. The average Bonchev–Trinajstić information content (AvgIpc) is 2.47. The highest BCUT2D eigenvalue weighted by atomic mass is 127. The van der Waals surface area contributed by atoms with Gasteiger partial charge < -0.3 is 9.05 Å². The van der Waals surface area contributed by atoms with Crippen molar-refractivity contribution in [3.8, 4) is 0 Å². The van der Waals surface area contributed by atoms with Crippen molar-refractivity contribution in [2.45, 2.75) is 17.8 Å². The molecule has 86 valence electrons. The normalized spacial score (nSPS) is 21.5. The van der Waals surface area contributed by atoms with E-state index in [2.05, 4.69) is 45.2 Å². The van der Waals surface area contributed by atoms with E-state index in [4.69, 9.17) is 9.05 Å². The molecule has 0 aromatic carbocycles. The lowest BCUT2D eigenvalue weighted by Crippen LogP contribution is -2.04. The quantitative estimate of drug-likeness (QED) is 0.354. The van der Waals surface area contributed by atoms with Crippen LogP contribution >= 0.6 is 52.8 Å². The van der Waals surface area contributed by atoms with Crippen LogP contribution in [-0.2, 0) is 13.6 Å². The lowest BCUT2D eigenvalue weighted by atomic mass is 10.5. The Bertz CT molecular complexity index is 328. The summed E-state index contributed by atoms with van der Waals surface area (Å²) in [6.45, 7) is 4.44. The highest BCUT2D eigenvalue weighted by molar-refractivity contribution is 14.1. The molecule has 0 aromatic heterocycles. The van der Waals surface area contributed by atoms with Gasteiger partial charge in [0.2, 0.25) is 0 Å². The highest BCUT2D eigenvalue weighted by Crippen LogP contribution is 2.62. The minimum atomic E-state index is -3.08. The van der Waals surface area contributed by atoms with Crippen LogP contribution in [0.3, 0.4) is 0 Å². The molecule has 1 aliphatic carbocycles. The van der Waals surface area contributed by atoms with E-state index in [1.165, 1.54) is 0 Å². The maximum absolute atomic E-state index is 12.5. The van der Waals surface area contributed by atoms with Crippen LogP contribution in [0.25, 0.3) is 0 Å². The standard InChI is InChI=1S/C9H13I2O3P/c1-3-13-15(12,14-4-2)9-7(10)5-6-8(9)11/h5-7H,3-4H2,1-2H3. The van der Waals surface area contributed by atoms with Crippen molar-refractivity contribution in [2.75, 3.05) is 13.2 Å². The molecule has 3 nitrogen and oxygen atoms in total. The topological polar surface area (TPSA) is 35.5 Å². The number of hydrogen-bond donors (Lipinski definition) is 0. The first-order valence-electron chi connectivity index (χ1n) is 4.66. The minimum Gasteiger partial charge on any atom is -0.306 e. The smallest absolute Gasteiger partial charge is 0.306 e. The Morgan fingerprint density at radius 2 is 1.93 bits per heavy atom. The second kappa shape index (κ2) is 6.14. The molecule has 0 aromatic rings. The van der Waals surface area contributed by atoms with Crippen molar-refractivity contribution in [1.82, 2.24) is 0 Å². The first kappa shape index (κ1) is 14.2. The molecule has 0 spiro atoms. The van der Waals surface area contributed by atoms with Gasteiger partial charge in [-0.05, 0) is 36.4 Å². The summed E-state index contributed by atoms with van der Waals surface area (Å²) in [6, 6.07) is 0. The lowest BCUT2D eigenvalue weighted by Gasteiger charge is -2.20. The SMILES string of the molecule is CCOP(=O)(OCC)C1=C(I)C=CC1I. The Labute approximate surface area is 117 Å². The van der Waals surface area contributed by atoms with Gasteiger partial charge in [0.25, 0.3) is 0 Å². The fraction of sp³-hybridized carbons (Fsp3) is 0.556. The molecule has 1 aliphatic rings. The average molecular weight is 454 g/mol. The second-order valence-electron chi connectivity index (χ2n) is 2.83. The highest BCUT2D eigenvalue weighted by Gasteiger charge is 2.37. The van der Waals surface area contributed by atoms with Crippen molar-refractivity contribution in [2.24, 2.45) is 0 Å². The van der Waals surface area contributed by atoms with Gasteiger partial charge in [-0.3, -0.25) is 4.57 Å². The largest absolute Gasteiger partial charge is 0.359 e. The van der Waals surface area contributed by atoms with E-state index in [1.807, 2.05) is 26.0 Å². The fourth-order valence-electron chi connectivity index (χ4n) is 1.28. The van der Waals surface area contributed by atoms with Crippen LogP contribution in [0, 0.1) is 0 Å². The van der Waals surface area contributed by atoms with Crippen LogP contribution in [0.2, 0.25) is 0 Å². The molecule has 6 heteroatoms. The molecule has 0 saturated heterocycles. The van der Waals surface area contributed by atoms with E-state index in [0.717, 1.165) is 8.89 Å². The Kier molecular flexibility index (Phi) is 5.79. The van der Waals surface area contributed by atoms with Crippen LogP contribution < -0.4 is 0 Å². The molecule has 0 fully saturated rings. The summed E-state index contributed by atoms with van der Waals surface area (Å²) in [5, 5.41) is 0.785. The van der Waals surface area contributed by atoms with E-state index in [9.17, 15) is 4.57 Å². The fourth-order valence-corrected chi connectivity index (χ4v) is 6.62. The Morgan fingerprint density at radius 3 is 2.27 bits per heavy atom. The lowest BCUT2D eigenvalue weighted by molar-refractivity contribution is 0.226. The van der Waals surface area contributed by atoms with Gasteiger partial charge in [0, 0.05) is 3.58 Å². The predicted octanol–water partition coefficient (Wildman–Crippen LogP) is 4.27. The number of alkyl halides is 1. The van der Waals surface area contributed by atoms with Gasteiger partial charge in [-0.15, -0.1) is 0 Å². The summed E-state index contributed by atoms with van der Waals surface area (Å²) >= 11 is 4.40. The number of hydrogen-bond acceptors (Lipinski definition) is 3. The molecule has 1 atom stereocenters. The van der Waals surface area contributed by atoms with Crippen LogP contribution in [0.5, 0.6) is 0 Å². The monoisotopic (exact) mass is 454 g/mol. The summed E-state index contributed by atoms with van der Waals surface area (Å²) in [7, 11) is -3.08. The molecular formula is C9H13I2O3P. The summed E-state index contributed by atoms with van der Waals surface area (Å²) in [6.07, 6.45) is 3.96. The molecule has 0 aliphatic heterocycles. The maximum Gasteiger partial charge on any atom is 0.359 e. The van der Waals surface area contributed by atoms with Gasteiger partial charge in [-0.25, -0.2) is 0 Å². The van der Waals surface area contributed by atoms with Crippen LogP contribution in [-0.4, -0.2) is 17.1 Å². The second-order valence-corrected chi connectivity index (χ2v) is 7.32. The van der Waals surface area contributed by atoms with Gasteiger partial charge in [0.05, 0.1) is 22.5 Å². The molecule has 0 amide bonds. The summed E-state index contributed by atoms with van der Waals surface area (Å²) in [4.78, 5) is 0. The van der Waals surface area contributed by atoms with E-state index in [0.29, 0.717) is 13.2 Å². The molecular weight excluding hydrogens is 441 g/mol. The predicted molar refractivity (Wildman–Crippen MR) is 78.9 cm³/mol. The molecule has 0 radical (unpaired) electrons. The number of rotatable bonds is 5.